The lowest BCUT2D eigenvalue weighted by Crippen LogP contribution is -2.46. The number of nitrogens with two attached hydrogens (primary N) is 1. The molecule has 2 fully saturated rings. The second-order valence-corrected chi connectivity index (χ2v) is 19.9. The summed E-state index contributed by atoms with van der Waals surface area (Å²) < 4.78 is 1.92. The minimum Gasteiger partial charge on any atom is -0.370 e. The van der Waals surface area contributed by atoms with Crippen molar-refractivity contribution in [1.82, 2.24) is 44.3 Å². The number of rotatable bonds is 14. The molecule has 12 rings (SSSR count). The van der Waals surface area contributed by atoms with Gasteiger partial charge in [-0.2, -0.15) is 0 Å². The molecule has 0 bridgehead atoms. The van der Waals surface area contributed by atoms with Crippen LogP contribution in [-0.4, -0.2) is 114 Å². The summed E-state index contributed by atoms with van der Waals surface area (Å²) >= 11 is 0. The number of primary amides is 1. The summed E-state index contributed by atoms with van der Waals surface area (Å²) in [5, 5.41) is 6.87. The second-order valence-electron chi connectivity index (χ2n) is 19.9. The first kappa shape index (κ1) is 51.6. The summed E-state index contributed by atoms with van der Waals surface area (Å²) in [5.41, 5.74) is 18.2. The number of hydrogen-bond acceptors (Lipinski definition) is 13. The molecule has 0 saturated carbocycles. The normalized spacial score (nSPS) is 14.0. The second kappa shape index (κ2) is 23.8. The first-order valence-electron chi connectivity index (χ1n) is 26.5. The van der Waals surface area contributed by atoms with Gasteiger partial charge in [-0.25, -0.2) is 9.97 Å². The van der Waals surface area contributed by atoms with Crippen molar-refractivity contribution in [3.63, 3.8) is 0 Å². The van der Waals surface area contributed by atoms with Gasteiger partial charge in [0, 0.05) is 132 Å². The molecule has 4 N–H and O–H groups in total. The molecule has 79 heavy (non-hydrogen) atoms. The molecule has 2 aliphatic heterocycles. The Morgan fingerprint density at radius 2 is 1.00 bits per heavy atom. The lowest BCUT2D eigenvalue weighted by molar-refractivity contribution is -0.122. The minimum absolute atomic E-state index is 0.0329. The van der Waals surface area contributed by atoms with E-state index >= 15 is 0 Å². The molecule has 2 aliphatic rings. The molecule has 0 aliphatic carbocycles. The summed E-state index contributed by atoms with van der Waals surface area (Å²) in [7, 11) is 1.91. The fraction of sp³-hybridized carbons (Fsp3) is 0.210. The van der Waals surface area contributed by atoms with Crippen LogP contribution < -0.4 is 26.2 Å². The number of fused-ring (bicyclic) bond motifs is 3. The van der Waals surface area contributed by atoms with Crippen LogP contribution in [0.2, 0.25) is 0 Å². The van der Waals surface area contributed by atoms with Crippen molar-refractivity contribution >= 4 is 73.7 Å². The number of aryl methyl sites for hydroxylation is 1. The third kappa shape index (κ3) is 12.7. The number of piperazine rings is 2. The highest BCUT2D eigenvalue weighted by molar-refractivity contribution is 6.06. The highest BCUT2D eigenvalue weighted by atomic mass is 16.2. The molecule has 5 aromatic heterocycles. The zero-order chi connectivity index (χ0) is 54.1. The number of aromatic nitrogens is 7. The number of nitrogens with one attached hydrogen (secondary N) is 2. The van der Waals surface area contributed by atoms with Crippen molar-refractivity contribution in [2.45, 2.75) is 25.9 Å². The molecular formula is C62H60N14O3. The van der Waals surface area contributed by atoms with Gasteiger partial charge in [-0.05, 0) is 106 Å². The first-order chi connectivity index (χ1) is 38.6. The van der Waals surface area contributed by atoms with Gasteiger partial charge in [-0.15, -0.1) is 0 Å². The molecule has 7 heterocycles. The summed E-state index contributed by atoms with van der Waals surface area (Å²) in [4.78, 5) is 73.0. The number of hydrogen-bond donors (Lipinski definition) is 3. The molecule has 5 aromatic carbocycles. The third-order valence-corrected chi connectivity index (χ3v) is 14.5. The SMILES string of the molecule is Cn1c(C(=O)Nc2ccc(-c3ccc4ncc(N5CCN(Cc6cccnc6)CC5)nc4c3)cc2)cc2ccccc21.NC(=O)CCC(=O)Nc1ccc(-c2ccc3ncc(N4CCN(Cc5cccnc5)CC4)nc3c2)cc1. The van der Waals surface area contributed by atoms with Crippen molar-refractivity contribution in [3.8, 4) is 22.3 Å². The van der Waals surface area contributed by atoms with Gasteiger partial charge in [-0.1, -0.05) is 66.7 Å². The monoisotopic (exact) mass is 1050 g/mol. The molecule has 0 radical (unpaired) electrons. The van der Waals surface area contributed by atoms with Gasteiger partial charge in [0.15, 0.2) is 0 Å². The third-order valence-electron chi connectivity index (χ3n) is 14.5. The molecule has 10 aromatic rings. The Balaban J connectivity index is 0.000000169. The predicted molar refractivity (Wildman–Crippen MR) is 311 cm³/mol. The average Bonchev–Trinajstić information content (AvgIpc) is 3.92. The smallest absolute Gasteiger partial charge is 0.272 e. The van der Waals surface area contributed by atoms with Crippen molar-refractivity contribution in [2.24, 2.45) is 12.8 Å². The van der Waals surface area contributed by atoms with Gasteiger partial charge >= 0.3 is 0 Å². The zero-order valence-corrected chi connectivity index (χ0v) is 43.9. The van der Waals surface area contributed by atoms with E-state index in [-0.39, 0.29) is 24.7 Å². The maximum Gasteiger partial charge on any atom is 0.272 e. The van der Waals surface area contributed by atoms with E-state index in [0.29, 0.717) is 11.4 Å². The van der Waals surface area contributed by atoms with Crippen LogP contribution in [0.15, 0.2) is 177 Å². The molecule has 0 atom stereocenters. The summed E-state index contributed by atoms with van der Waals surface area (Å²) in [6, 6.07) is 45.9. The number of amides is 3. The van der Waals surface area contributed by atoms with Crippen LogP contribution in [0.5, 0.6) is 0 Å². The highest BCUT2D eigenvalue weighted by Crippen LogP contribution is 2.29. The van der Waals surface area contributed by atoms with Crippen molar-refractivity contribution in [2.75, 3.05) is 72.8 Å². The van der Waals surface area contributed by atoms with Crippen LogP contribution in [0.4, 0.5) is 23.0 Å². The van der Waals surface area contributed by atoms with E-state index in [1.165, 1.54) is 11.1 Å². The molecule has 0 spiro atoms. The fourth-order valence-electron chi connectivity index (χ4n) is 10.1. The molecular weight excluding hydrogens is 989 g/mol. The van der Waals surface area contributed by atoms with Gasteiger partial charge in [0.2, 0.25) is 11.8 Å². The molecule has 3 amide bonds. The lowest BCUT2D eigenvalue weighted by Gasteiger charge is -2.35. The number of carbonyl (C=O) groups excluding carboxylic acids is 3. The lowest BCUT2D eigenvalue weighted by atomic mass is 10.0. The molecule has 17 nitrogen and oxygen atoms in total. The maximum absolute atomic E-state index is 13.0. The fourth-order valence-corrected chi connectivity index (χ4v) is 10.1. The summed E-state index contributed by atoms with van der Waals surface area (Å²) in [6.45, 7) is 9.29. The van der Waals surface area contributed by atoms with E-state index < -0.39 is 5.91 Å². The van der Waals surface area contributed by atoms with Crippen LogP contribution in [0.3, 0.4) is 0 Å². The van der Waals surface area contributed by atoms with Crippen LogP contribution in [-0.2, 0) is 29.7 Å². The topological polar surface area (TPSA) is 197 Å². The van der Waals surface area contributed by atoms with E-state index in [1.54, 1.807) is 6.20 Å². The quantitative estimate of drug-likeness (QED) is 0.0934. The van der Waals surface area contributed by atoms with Gasteiger partial charge in [0.05, 0.1) is 34.5 Å². The number of anilines is 4. The Morgan fingerprint density at radius 1 is 0.506 bits per heavy atom. The summed E-state index contributed by atoms with van der Waals surface area (Å²) in [5.74, 6) is 0.939. The Hall–Kier alpha value is -9.45. The Morgan fingerprint density at radius 3 is 1.48 bits per heavy atom. The van der Waals surface area contributed by atoms with Crippen LogP contribution in [0.25, 0.3) is 55.2 Å². The summed E-state index contributed by atoms with van der Waals surface area (Å²) in [6.07, 6.45) is 11.3. The van der Waals surface area contributed by atoms with Crippen LogP contribution >= 0.6 is 0 Å². The van der Waals surface area contributed by atoms with Gasteiger partial charge in [0.1, 0.15) is 17.3 Å². The van der Waals surface area contributed by atoms with Crippen molar-refractivity contribution in [3.05, 3.63) is 194 Å². The van der Waals surface area contributed by atoms with Crippen LogP contribution in [0.1, 0.15) is 34.5 Å². The number of nitrogens with zero attached hydrogens (tertiary/aromatic N) is 11. The number of benzene rings is 5. The average molecular weight is 1050 g/mol. The molecule has 0 unspecified atom stereocenters. The van der Waals surface area contributed by atoms with E-state index in [1.807, 2.05) is 158 Å². The number of para-hydroxylation sites is 1. The Kier molecular flexibility index (Phi) is 15.6. The van der Waals surface area contributed by atoms with Crippen molar-refractivity contribution < 1.29 is 14.4 Å². The molecule has 17 heteroatoms. The highest BCUT2D eigenvalue weighted by Gasteiger charge is 2.21. The van der Waals surface area contributed by atoms with Gasteiger partial charge in [0.25, 0.3) is 5.91 Å². The molecule has 2 saturated heterocycles. The van der Waals surface area contributed by atoms with E-state index in [9.17, 15) is 14.4 Å². The minimum atomic E-state index is -0.490. The standard InChI is InChI=1S/C34H31N7O.C28H29N7O2/c1-39-31-7-3-2-6-27(31)20-32(39)34(42)37-28-11-8-25(9-12-28)26-10-13-29-30(19-26)38-33(22-36-29)41-17-15-40(16-18-41)23-24-5-4-14-35-21-24;29-26(36)9-10-28(37)32-23-6-3-21(4-7-23)22-5-8-24-25(16-22)33-27(18-31-24)35-14-12-34(13-15-35)19-20-2-1-11-30-17-20/h2-14,19-22H,15-18,23H2,1H3,(H,37,42);1-8,11,16-18H,9-10,12-15,19H2,(H2,29,36)(H,32,37). The number of carbonyl (C=O) groups is 3. The maximum atomic E-state index is 13.0. The van der Waals surface area contributed by atoms with Gasteiger partial charge in [-0.3, -0.25) is 44.1 Å². The van der Waals surface area contributed by atoms with E-state index in [0.717, 1.165) is 138 Å². The Bertz CT molecular complexity index is 3750. The van der Waals surface area contributed by atoms with Crippen molar-refractivity contribution in [1.29, 1.82) is 0 Å². The van der Waals surface area contributed by atoms with Crippen LogP contribution in [0, 0.1) is 0 Å². The number of pyridine rings is 2. The predicted octanol–water partition coefficient (Wildman–Crippen LogP) is 8.98. The first-order valence-corrected chi connectivity index (χ1v) is 26.5. The molecule has 396 valence electrons. The zero-order valence-electron chi connectivity index (χ0n) is 43.9. The van der Waals surface area contributed by atoms with E-state index in [2.05, 4.69) is 69.5 Å². The van der Waals surface area contributed by atoms with E-state index in [4.69, 9.17) is 20.7 Å². The Labute approximate surface area is 457 Å². The largest absolute Gasteiger partial charge is 0.370 e. The van der Waals surface area contributed by atoms with Gasteiger partial charge < -0.3 is 30.7 Å².